The minimum Gasteiger partial charge on any atom is -0.497 e. The summed E-state index contributed by atoms with van der Waals surface area (Å²) in [5.41, 5.74) is 1.28. The number of halogens is 2. The van der Waals surface area contributed by atoms with Crippen LogP contribution in [-0.4, -0.2) is 34.7 Å². The van der Waals surface area contributed by atoms with Gasteiger partial charge in [0.15, 0.2) is 0 Å². The van der Waals surface area contributed by atoms with Crippen LogP contribution in [0.25, 0.3) is 0 Å². The monoisotopic (exact) mass is 457 g/mol. The molecule has 2 heterocycles. The molecule has 1 N–H and O–H groups in total. The summed E-state index contributed by atoms with van der Waals surface area (Å²) in [5.74, 6) is -0.191. The van der Waals surface area contributed by atoms with Crippen molar-refractivity contribution in [3.8, 4) is 11.5 Å². The van der Waals surface area contributed by atoms with E-state index in [1.807, 2.05) is 24.3 Å². The number of carboxylic acid groups (broad SMARTS) is 1. The number of hydrogen-bond acceptors (Lipinski definition) is 6. The number of rotatable bonds is 7. The molecule has 3 aromatic rings. The van der Waals surface area contributed by atoms with Gasteiger partial charge in [0.2, 0.25) is 5.95 Å². The molecule has 4 rings (SSSR count). The number of aromatic nitrogens is 2. The van der Waals surface area contributed by atoms with E-state index in [-0.39, 0.29) is 28.9 Å². The van der Waals surface area contributed by atoms with Crippen LogP contribution in [0.2, 0.25) is 5.02 Å². The minimum absolute atomic E-state index is 0.0536. The van der Waals surface area contributed by atoms with Gasteiger partial charge in [0.1, 0.15) is 29.5 Å². The van der Waals surface area contributed by atoms with Crippen LogP contribution in [0.3, 0.4) is 0 Å². The van der Waals surface area contributed by atoms with Crippen molar-refractivity contribution >= 4 is 23.5 Å². The van der Waals surface area contributed by atoms with Crippen LogP contribution in [0.5, 0.6) is 11.5 Å². The van der Waals surface area contributed by atoms with Crippen molar-refractivity contribution in [2.24, 2.45) is 0 Å². The molecule has 1 saturated heterocycles. The third kappa shape index (κ3) is 4.60. The number of benzene rings is 2. The Kier molecular flexibility index (Phi) is 6.41. The molecule has 0 amide bonds. The summed E-state index contributed by atoms with van der Waals surface area (Å²) in [6.45, 7) is 0.622. The minimum atomic E-state index is -1.15. The number of hydrogen-bond donors (Lipinski definition) is 1. The zero-order valence-electron chi connectivity index (χ0n) is 17.3. The van der Waals surface area contributed by atoms with Gasteiger partial charge in [0.25, 0.3) is 0 Å². The molecule has 1 aliphatic heterocycles. The van der Waals surface area contributed by atoms with Gasteiger partial charge in [-0.1, -0.05) is 23.7 Å². The molecule has 1 fully saturated rings. The lowest BCUT2D eigenvalue weighted by molar-refractivity contribution is 0.0692. The van der Waals surface area contributed by atoms with E-state index in [0.717, 1.165) is 30.7 Å². The summed E-state index contributed by atoms with van der Waals surface area (Å²) in [6, 6.07) is 11.8. The van der Waals surface area contributed by atoms with E-state index >= 15 is 0 Å². The van der Waals surface area contributed by atoms with E-state index in [4.69, 9.17) is 21.1 Å². The number of methoxy groups -OCH3 is 1. The Labute approximate surface area is 189 Å². The number of carboxylic acids is 1. The van der Waals surface area contributed by atoms with Crippen LogP contribution in [0.1, 0.15) is 40.5 Å². The Morgan fingerprint density at radius 1 is 1.25 bits per heavy atom. The predicted octanol–water partition coefficient (Wildman–Crippen LogP) is 4.90. The van der Waals surface area contributed by atoms with Gasteiger partial charge < -0.3 is 19.5 Å². The Bertz CT molecular complexity index is 1130. The fourth-order valence-electron chi connectivity index (χ4n) is 3.73. The molecule has 9 heteroatoms. The normalized spacial score (nSPS) is 15.6. The van der Waals surface area contributed by atoms with Gasteiger partial charge in [0, 0.05) is 18.8 Å². The lowest BCUT2D eigenvalue weighted by Crippen LogP contribution is -2.26. The van der Waals surface area contributed by atoms with Gasteiger partial charge >= 0.3 is 5.97 Å². The largest absolute Gasteiger partial charge is 0.497 e. The van der Waals surface area contributed by atoms with Crippen molar-refractivity contribution in [2.75, 3.05) is 18.6 Å². The van der Waals surface area contributed by atoms with Crippen LogP contribution in [0, 0.1) is 5.82 Å². The number of anilines is 1. The van der Waals surface area contributed by atoms with Crippen molar-refractivity contribution in [1.29, 1.82) is 0 Å². The Balaban J connectivity index is 1.59. The molecule has 2 aromatic carbocycles. The van der Waals surface area contributed by atoms with E-state index in [0.29, 0.717) is 11.7 Å². The molecule has 0 bridgehead atoms. The van der Waals surface area contributed by atoms with Gasteiger partial charge in [-0.25, -0.2) is 19.2 Å². The lowest BCUT2D eigenvalue weighted by Gasteiger charge is -2.25. The second-order valence-electron chi connectivity index (χ2n) is 7.32. The molecular formula is C23H21ClFN3O4. The number of carbonyl (C=O) groups is 1. The molecule has 0 saturated carbocycles. The van der Waals surface area contributed by atoms with E-state index in [9.17, 15) is 14.3 Å². The summed E-state index contributed by atoms with van der Waals surface area (Å²) < 4.78 is 24.2. The molecular weight excluding hydrogens is 437 g/mol. The van der Waals surface area contributed by atoms with Crippen LogP contribution in [0.15, 0.2) is 48.7 Å². The fraction of sp³-hybridized carbons (Fsp3) is 0.261. The molecule has 32 heavy (non-hydrogen) atoms. The third-order valence-electron chi connectivity index (χ3n) is 5.36. The number of aromatic carboxylic acids is 1. The van der Waals surface area contributed by atoms with Crippen LogP contribution >= 0.6 is 11.6 Å². The van der Waals surface area contributed by atoms with Gasteiger partial charge in [-0.05, 0) is 42.7 Å². The molecule has 0 spiro atoms. The van der Waals surface area contributed by atoms with Crippen LogP contribution in [0.4, 0.5) is 10.3 Å². The lowest BCUT2D eigenvalue weighted by atomic mass is 10.0. The maximum Gasteiger partial charge on any atom is 0.339 e. The van der Waals surface area contributed by atoms with Crippen molar-refractivity contribution in [3.05, 3.63) is 76.3 Å². The molecule has 0 aliphatic carbocycles. The third-order valence-corrected chi connectivity index (χ3v) is 5.65. The van der Waals surface area contributed by atoms with Crippen molar-refractivity contribution < 1.29 is 23.8 Å². The van der Waals surface area contributed by atoms with E-state index in [1.165, 1.54) is 24.4 Å². The smallest absolute Gasteiger partial charge is 0.339 e. The zero-order valence-corrected chi connectivity index (χ0v) is 18.1. The first-order valence-corrected chi connectivity index (χ1v) is 10.4. The van der Waals surface area contributed by atoms with Gasteiger partial charge in [-0.15, -0.1) is 0 Å². The second kappa shape index (κ2) is 9.40. The molecule has 1 aromatic heterocycles. The highest BCUT2D eigenvalue weighted by molar-refractivity contribution is 6.30. The first-order chi connectivity index (χ1) is 15.5. The summed E-state index contributed by atoms with van der Waals surface area (Å²) in [4.78, 5) is 22.6. The number of nitrogens with zero attached hydrogens (tertiary/aromatic N) is 3. The highest BCUT2D eigenvalue weighted by Gasteiger charge is 2.29. The SMILES string of the molecule is COc1ccc([C@@H]2CCCN2c2ncc(C(=O)O)c(COc3ccc(F)c(Cl)c3)n2)cc1. The Morgan fingerprint density at radius 3 is 2.69 bits per heavy atom. The summed E-state index contributed by atoms with van der Waals surface area (Å²) >= 11 is 5.79. The summed E-state index contributed by atoms with van der Waals surface area (Å²) in [6.07, 6.45) is 3.18. The quantitative estimate of drug-likeness (QED) is 0.540. The van der Waals surface area contributed by atoms with E-state index < -0.39 is 11.8 Å². The average Bonchev–Trinajstić information content (AvgIpc) is 3.29. The topological polar surface area (TPSA) is 84.8 Å². The summed E-state index contributed by atoms with van der Waals surface area (Å²) in [7, 11) is 1.62. The standard InChI is InChI=1S/C23H21ClFN3O4/c1-31-15-6-4-14(5-7-15)21-3-2-10-28(21)23-26-12-17(22(29)30)20(27-23)13-32-16-8-9-19(25)18(24)11-16/h4-9,11-12,21H,2-3,10,13H2,1H3,(H,29,30)/t21-/m0/s1. The average molecular weight is 458 g/mol. The molecule has 1 atom stereocenters. The zero-order chi connectivity index (χ0) is 22.7. The maximum atomic E-state index is 13.4. The molecule has 166 valence electrons. The van der Waals surface area contributed by atoms with E-state index in [2.05, 4.69) is 14.9 Å². The highest BCUT2D eigenvalue weighted by atomic mass is 35.5. The predicted molar refractivity (Wildman–Crippen MR) is 117 cm³/mol. The van der Waals surface area contributed by atoms with Crippen molar-refractivity contribution in [3.63, 3.8) is 0 Å². The maximum absolute atomic E-state index is 13.4. The van der Waals surface area contributed by atoms with Gasteiger partial charge in [0.05, 0.1) is 23.9 Å². The molecule has 7 nitrogen and oxygen atoms in total. The Morgan fingerprint density at radius 2 is 2.00 bits per heavy atom. The second-order valence-corrected chi connectivity index (χ2v) is 7.73. The number of ether oxygens (including phenoxy) is 2. The molecule has 0 radical (unpaired) electrons. The van der Waals surface area contributed by atoms with E-state index in [1.54, 1.807) is 7.11 Å². The highest BCUT2D eigenvalue weighted by Crippen LogP contribution is 2.35. The van der Waals surface area contributed by atoms with Crippen molar-refractivity contribution in [1.82, 2.24) is 9.97 Å². The molecule has 0 unspecified atom stereocenters. The molecule has 1 aliphatic rings. The first kappa shape index (κ1) is 21.8. The first-order valence-electron chi connectivity index (χ1n) is 10.0. The van der Waals surface area contributed by atoms with Crippen LogP contribution < -0.4 is 14.4 Å². The van der Waals surface area contributed by atoms with Crippen molar-refractivity contribution in [2.45, 2.75) is 25.5 Å². The Hall–Kier alpha value is -3.39. The van der Waals surface area contributed by atoms with Gasteiger partial charge in [-0.3, -0.25) is 0 Å². The fourth-order valence-corrected chi connectivity index (χ4v) is 3.90. The van der Waals surface area contributed by atoms with Crippen LogP contribution in [-0.2, 0) is 6.61 Å². The summed E-state index contributed by atoms with van der Waals surface area (Å²) in [5, 5.41) is 9.47. The van der Waals surface area contributed by atoms with Gasteiger partial charge in [-0.2, -0.15) is 0 Å².